The predicted octanol–water partition coefficient (Wildman–Crippen LogP) is 12.2. The maximum Gasteiger partial charge on any atom is 0.256 e. The van der Waals surface area contributed by atoms with Crippen molar-refractivity contribution in [2.45, 2.75) is 140 Å². The van der Waals surface area contributed by atoms with Crippen molar-refractivity contribution in [3.05, 3.63) is 41.0 Å². The van der Waals surface area contributed by atoms with Crippen molar-refractivity contribution in [3.63, 3.8) is 0 Å². The van der Waals surface area contributed by atoms with E-state index in [2.05, 4.69) is 20.4 Å². The third-order valence-electron chi connectivity index (χ3n) is 10.1. The zero-order valence-corrected chi connectivity index (χ0v) is 27.5. The molecular weight excluding hydrogens is 571 g/mol. The molecule has 0 heterocycles. The van der Waals surface area contributed by atoms with Gasteiger partial charge in [-0.2, -0.15) is 4.39 Å². The van der Waals surface area contributed by atoms with E-state index in [-0.39, 0.29) is 17.1 Å². The summed E-state index contributed by atoms with van der Waals surface area (Å²) in [5.74, 6) is -11.1. The summed E-state index contributed by atoms with van der Waals surface area (Å²) in [5.41, 5.74) is 0.0476. The molecule has 1 aliphatic rings. The number of unbranched alkanes of at least 4 members (excludes halogenated alkanes) is 5. The van der Waals surface area contributed by atoms with Crippen molar-refractivity contribution < 1.29 is 30.8 Å². The molecule has 2 aromatic rings. The molecule has 2 aromatic carbocycles. The highest BCUT2D eigenvalue weighted by molar-refractivity contribution is 6.78. The van der Waals surface area contributed by atoms with E-state index in [9.17, 15) is 17.6 Å². The second-order valence-corrected chi connectivity index (χ2v) is 23.0. The normalized spacial score (nSPS) is 16.5. The van der Waals surface area contributed by atoms with Gasteiger partial charge in [-0.1, -0.05) is 110 Å². The molecule has 0 aromatic heterocycles. The topological polar surface area (TPSA) is 9.23 Å². The first kappa shape index (κ1) is 34.0. The average Bonchev–Trinajstić information content (AvgIpc) is 2.96. The minimum atomic E-state index is -3.00. The highest BCUT2D eigenvalue weighted by atomic mass is 28.4. The van der Waals surface area contributed by atoms with E-state index < -0.39 is 67.8 Å². The van der Waals surface area contributed by atoms with Crippen LogP contribution in [0, 0.1) is 34.9 Å². The van der Waals surface area contributed by atoms with Crippen LogP contribution < -0.4 is 4.43 Å². The van der Waals surface area contributed by atoms with Crippen LogP contribution in [0.2, 0.25) is 41.8 Å². The smallest absolute Gasteiger partial charge is 0.256 e. The van der Waals surface area contributed by atoms with Crippen LogP contribution in [0.1, 0.15) is 98.3 Å². The molecule has 3 rings (SSSR count). The van der Waals surface area contributed by atoms with Gasteiger partial charge in [0.1, 0.15) is 5.82 Å². The summed E-state index contributed by atoms with van der Waals surface area (Å²) in [4.78, 5) is 0. The van der Waals surface area contributed by atoms with Gasteiger partial charge in [0.05, 0.1) is 10.8 Å². The van der Waals surface area contributed by atoms with Gasteiger partial charge in [-0.3, -0.25) is 0 Å². The van der Waals surface area contributed by atoms with E-state index in [0.29, 0.717) is 6.04 Å². The third-order valence-corrected chi connectivity index (χ3v) is 20.7. The van der Waals surface area contributed by atoms with Crippen LogP contribution in [0.15, 0.2) is 6.07 Å². The first-order valence-electron chi connectivity index (χ1n) is 15.7. The van der Waals surface area contributed by atoms with Crippen molar-refractivity contribution in [1.29, 1.82) is 0 Å². The molecule has 1 nitrogen and oxygen atoms in total. The molecule has 41 heavy (non-hydrogen) atoms. The number of halogens is 6. The van der Waals surface area contributed by atoms with Gasteiger partial charge in [-0.05, 0) is 30.0 Å². The molecule has 9 heteroatoms. The number of rotatable bonds is 15. The largest absolute Gasteiger partial charge is 0.540 e. The van der Waals surface area contributed by atoms with Gasteiger partial charge in [0.2, 0.25) is 5.82 Å². The minimum absolute atomic E-state index is 0.0552. The van der Waals surface area contributed by atoms with Crippen LogP contribution in [0.5, 0.6) is 5.75 Å². The number of fused-ring (bicyclic) bond motifs is 1. The summed E-state index contributed by atoms with van der Waals surface area (Å²) in [7, 11) is -4.08. The van der Waals surface area contributed by atoms with Crippen molar-refractivity contribution in [3.8, 4) is 5.75 Å². The van der Waals surface area contributed by atoms with Crippen LogP contribution in [-0.2, 0) is 0 Å². The Labute approximate surface area is 244 Å². The fraction of sp³-hybridized carbons (Fsp3) is 0.688. The summed E-state index contributed by atoms with van der Waals surface area (Å²) in [6, 6.07) is 4.81. The summed E-state index contributed by atoms with van der Waals surface area (Å²) in [6.45, 7) is 11.1. The molecule has 1 aliphatic carbocycles. The second kappa shape index (κ2) is 14.8. The lowest BCUT2D eigenvalue weighted by Gasteiger charge is -2.44. The maximum atomic E-state index is 15.4. The quantitative estimate of drug-likeness (QED) is 0.0634. The van der Waals surface area contributed by atoms with Crippen LogP contribution in [-0.4, -0.2) is 16.4 Å². The monoisotopic (exact) mass is 618 g/mol. The first-order valence-corrected chi connectivity index (χ1v) is 21.1. The second-order valence-electron chi connectivity index (χ2n) is 12.9. The van der Waals surface area contributed by atoms with Gasteiger partial charge >= 0.3 is 0 Å². The third kappa shape index (κ3) is 7.54. The van der Waals surface area contributed by atoms with Gasteiger partial charge in [-0.15, -0.1) is 0 Å². The summed E-state index contributed by atoms with van der Waals surface area (Å²) in [6.07, 6.45) is 11.2. The molecule has 0 spiro atoms. The maximum absolute atomic E-state index is 15.4. The first-order chi connectivity index (χ1) is 19.4. The molecule has 0 N–H and O–H groups in total. The molecule has 1 saturated carbocycles. The Balaban J connectivity index is 1.86. The Kier molecular flexibility index (Phi) is 12.3. The van der Waals surface area contributed by atoms with E-state index in [1.807, 2.05) is 13.8 Å². The highest BCUT2D eigenvalue weighted by Gasteiger charge is 2.49. The molecule has 232 valence electrons. The Morgan fingerprint density at radius 1 is 0.707 bits per heavy atom. The molecule has 1 atom stereocenters. The van der Waals surface area contributed by atoms with Gasteiger partial charge in [0.25, 0.3) is 8.32 Å². The van der Waals surface area contributed by atoms with E-state index in [0.717, 1.165) is 57.8 Å². The SMILES string of the molecule is CC[Si](C)(CC)CCCCCCCC[Si](Oc1c(F)c(F)c(F)c2c(F)cc(F)c(F)c12)(C(C)C)C1CCCCC1. The van der Waals surface area contributed by atoms with E-state index >= 15 is 8.78 Å². The van der Waals surface area contributed by atoms with Gasteiger partial charge in [0.15, 0.2) is 29.0 Å². The minimum Gasteiger partial charge on any atom is -0.540 e. The van der Waals surface area contributed by atoms with E-state index in [4.69, 9.17) is 4.43 Å². The van der Waals surface area contributed by atoms with Crippen molar-refractivity contribution in [2.24, 2.45) is 0 Å². The molecule has 1 unspecified atom stereocenters. The molecule has 0 radical (unpaired) electrons. The summed E-state index contributed by atoms with van der Waals surface area (Å²) in [5, 5.41) is -2.10. The predicted molar refractivity (Wildman–Crippen MR) is 162 cm³/mol. The fourth-order valence-electron chi connectivity index (χ4n) is 6.80. The van der Waals surface area contributed by atoms with Crippen molar-refractivity contribution in [2.75, 3.05) is 0 Å². The van der Waals surface area contributed by atoms with E-state index in [1.165, 1.54) is 31.0 Å². The van der Waals surface area contributed by atoms with Crippen LogP contribution >= 0.6 is 0 Å². The lowest BCUT2D eigenvalue weighted by atomic mass is 10.0. The Bertz CT molecular complexity index is 1160. The molecule has 0 amide bonds. The van der Waals surface area contributed by atoms with Gasteiger partial charge in [-0.25, -0.2) is 22.0 Å². The molecular formula is C32H48F6OSi2. The average molecular weight is 619 g/mol. The molecule has 0 bridgehead atoms. The molecule has 0 aliphatic heterocycles. The van der Waals surface area contributed by atoms with Crippen molar-refractivity contribution in [1.82, 2.24) is 0 Å². The van der Waals surface area contributed by atoms with Gasteiger partial charge < -0.3 is 4.43 Å². The molecule has 1 fully saturated rings. The Morgan fingerprint density at radius 2 is 1.27 bits per heavy atom. The van der Waals surface area contributed by atoms with E-state index in [1.54, 1.807) is 0 Å². The number of benzene rings is 2. The fourth-order valence-corrected chi connectivity index (χ4v) is 14.3. The summed E-state index contributed by atoms with van der Waals surface area (Å²) < 4.78 is 95.2. The summed E-state index contributed by atoms with van der Waals surface area (Å²) >= 11 is 0. The van der Waals surface area contributed by atoms with Crippen LogP contribution in [0.25, 0.3) is 10.8 Å². The standard InChI is InChI=1S/C32H48F6OSi2/c1-6-40(5,7-2)19-15-10-8-9-11-16-20-41(22(3)4,23-17-13-12-14-18-23)39-32-27-26(29(36)30(37)31(32)38)24(33)21-25(34)28(27)35/h21-23H,6-20H2,1-5H3. The Hall–Kier alpha value is -1.49. The lowest BCUT2D eigenvalue weighted by Crippen LogP contribution is -2.50. The van der Waals surface area contributed by atoms with Crippen LogP contribution in [0.4, 0.5) is 26.3 Å². The zero-order chi connectivity index (χ0) is 30.4. The highest BCUT2D eigenvalue weighted by Crippen LogP contribution is 2.49. The van der Waals surface area contributed by atoms with Crippen molar-refractivity contribution >= 4 is 27.2 Å². The Morgan fingerprint density at radius 3 is 1.83 bits per heavy atom. The van der Waals surface area contributed by atoms with Gasteiger partial charge in [0, 0.05) is 14.1 Å². The zero-order valence-electron chi connectivity index (χ0n) is 25.5. The molecule has 0 saturated heterocycles. The lowest BCUT2D eigenvalue weighted by molar-refractivity contribution is 0.384. The number of hydrogen-bond donors (Lipinski definition) is 0. The number of hydrogen-bond acceptors (Lipinski definition) is 1. The van der Waals surface area contributed by atoms with Crippen LogP contribution in [0.3, 0.4) is 0 Å².